The van der Waals surface area contributed by atoms with Gasteiger partial charge in [-0.25, -0.2) is 13.2 Å². The van der Waals surface area contributed by atoms with E-state index in [1.807, 2.05) is 0 Å². The average Bonchev–Trinajstić information content (AvgIpc) is 2.13. The molecule has 0 aliphatic heterocycles. The summed E-state index contributed by atoms with van der Waals surface area (Å²) in [6, 6.07) is 0. The topological polar surface area (TPSA) is 27.7 Å². The van der Waals surface area contributed by atoms with Crippen molar-refractivity contribution < 1.29 is 26.4 Å². The molecular formula is C10H21F3O3Si. The molecular weight excluding hydrogens is 253 g/mol. The Hall–Kier alpha value is -0.113. The van der Waals surface area contributed by atoms with E-state index in [0.29, 0.717) is 0 Å². The van der Waals surface area contributed by atoms with Crippen LogP contribution >= 0.6 is 0 Å². The lowest BCUT2D eigenvalue weighted by Crippen LogP contribution is -2.40. The normalized spacial score (nSPS) is 16.2. The first kappa shape index (κ1) is 16.9. The number of halogens is 3. The Labute approximate surface area is 102 Å². The zero-order valence-corrected chi connectivity index (χ0v) is 12.0. The molecule has 0 radical (unpaired) electrons. The first-order valence-corrected chi connectivity index (χ1v) is 7.04. The molecule has 0 aromatic rings. The van der Waals surface area contributed by atoms with E-state index in [2.05, 4.69) is 0 Å². The number of hydrogen-bond acceptors (Lipinski definition) is 3. The van der Waals surface area contributed by atoms with Gasteiger partial charge in [0.2, 0.25) is 0 Å². The molecule has 2 atom stereocenters. The minimum atomic E-state index is -3.06. The van der Waals surface area contributed by atoms with Gasteiger partial charge in [0.15, 0.2) is 6.17 Å². The van der Waals surface area contributed by atoms with Gasteiger partial charge >= 0.3 is 9.53 Å². The zero-order chi connectivity index (χ0) is 13.6. The molecule has 0 rings (SSSR count). The highest BCUT2D eigenvalue weighted by atomic mass is 28.3. The van der Waals surface area contributed by atoms with Gasteiger partial charge in [-0.05, 0) is 34.6 Å². The lowest BCUT2D eigenvalue weighted by atomic mass is 10.3. The van der Waals surface area contributed by atoms with Crippen LogP contribution in [-0.4, -0.2) is 40.4 Å². The van der Waals surface area contributed by atoms with Crippen LogP contribution in [0.4, 0.5) is 13.2 Å². The van der Waals surface area contributed by atoms with Crippen LogP contribution in [0.15, 0.2) is 0 Å². The number of rotatable bonds is 8. The fourth-order valence-corrected chi connectivity index (χ4v) is 2.58. The van der Waals surface area contributed by atoms with E-state index in [4.69, 9.17) is 13.3 Å². The van der Waals surface area contributed by atoms with Gasteiger partial charge in [0, 0.05) is 12.2 Å². The Morgan fingerprint density at radius 2 is 1.18 bits per heavy atom. The minimum Gasteiger partial charge on any atom is -0.373 e. The highest BCUT2D eigenvalue weighted by Crippen LogP contribution is 2.15. The lowest BCUT2D eigenvalue weighted by molar-refractivity contribution is -0.0444. The minimum absolute atomic E-state index is 0.151. The average molecular weight is 274 g/mol. The molecule has 0 aliphatic rings. The maximum atomic E-state index is 13.0. The van der Waals surface area contributed by atoms with Crippen LogP contribution in [0.5, 0.6) is 0 Å². The Bertz CT molecular complexity index is 195. The van der Waals surface area contributed by atoms with Crippen LogP contribution < -0.4 is 0 Å². The predicted octanol–water partition coefficient (Wildman–Crippen LogP) is 2.56. The van der Waals surface area contributed by atoms with E-state index in [1.54, 1.807) is 27.7 Å². The summed E-state index contributed by atoms with van der Waals surface area (Å²) in [5.41, 5.74) is 0. The van der Waals surface area contributed by atoms with Crippen molar-refractivity contribution in [2.24, 2.45) is 0 Å². The zero-order valence-electron chi connectivity index (χ0n) is 10.8. The summed E-state index contributed by atoms with van der Waals surface area (Å²) in [5, 5.41) is 0. The van der Waals surface area contributed by atoms with Crippen LogP contribution in [0.1, 0.15) is 34.6 Å². The number of hydrogen-bond donors (Lipinski definition) is 0. The summed E-state index contributed by atoms with van der Waals surface area (Å²) in [4.78, 5) is 0. The van der Waals surface area contributed by atoms with Gasteiger partial charge < -0.3 is 13.3 Å². The fourth-order valence-electron chi connectivity index (χ4n) is 0.996. The third-order valence-corrected chi connectivity index (χ3v) is 3.97. The highest BCUT2D eigenvalue weighted by Gasteiger charge is 2.31. The smallest absolute Gasteiger partial charge is 0.373 e. The molecule has 0 fully saturated rings. The largest absolute Gasteiger partial charge is 0.485 e. The highest BCUT2D eigenvalue weighted by molar-refractivity contribution is 6.36. The molecule has 0 aromatic carbocycles. The molecule has 0 heterocycles. The SMILES string of the molecule is CC(C)O[SiH](OC(C)C)OC(C)C(F)C(F)F. The Morgan fingerprint density at radius 1 is 0.765 bits per heavy atom. The lowest BCUT2D eigenvalue weighted by Gasteiger charge is -2.25. The molecule has 0 saturated carbocycles. The van der Waals surface area contributed by atoms with Gasteiger partial charge in [0.05, 0.1) is 6.10 Å². The Balaban J connectivity index is 4.30. The summed E-state index contributed by atoms with van der Waals surface area (Å²) >= 11 is 0. The molecule has 0 amide bonds. The van der Waals surface area contributed by atoms with Crippen molar-refractivity contribution in [3.8, 4) is 0 Å². The van der Waals surface area contributed by atoms with Crippen LogP contribution in [0.25, 0.3) is 0 Å². The van der Waals surface area contributed by atoms with Crippen molar-refractivity contribution in [3.05, 3.63) is 0 Å². The van der Waals surface area contributed by atoms with Crippen LogP contribution in [0, 0.1) is 0 Å². The molecule has 3 nitrogen and oxygen atoms in total. The molecule has 104 valence electrons. The van der Waals surface area contributed by atoms with Gasteiger partial charge in [-0.2, -0.15) is 0 Å². The van der Waals surface area contributed by atoms with Crippen LogP contribution in [0.2, 0.25) is 0 Å². The van der Waals surface area contributed by atoms with Gasteiger partial charge in [-0.1, -0.05) is 0 Å². The van der Waals surface area contributed by atoms with Gasteiger partial charge in [0.25, 0.3) is 6.43 Å². The maximum Gasteiger partial charge on any atom is 0.485 e. The third-order valence-electron chi connectivity index (χ3n) is 1.78. The second-order valence-electron chi connectivity index (χ2n) is 4.28. The number of alkyl halides is 3. The van der Waals surface area contributed by atoms with E-state index < -0.39 is 28.2 Å². The van der Waals surface area contributed by atoms with Crippen molar-refractivity contribution in [3.63, 3.8) is 0 Å². The molecule has 17 heavy (non-hydrogen) atoms. The second-order valence-corrected chi connectivity index (χ2v) is 5.67. The van der Waals surface area contributed by atoms with E-state index in [0.717, 1.165) is 0 Å². The summed E-state index contributed by atoms with van der Waals surface area (Å²) in [7, 11) is -2.58. The molecule has 0 saturated heterocycles. The van der Waals surface area contributed by atoms with E-state index in [1.165, 1.54) is 6.92 Å². The first-order valence-electron chi connectivity index (χ1n) is 5.62. The van der Waals surface area contributed by atoms with Crippen molar-refractivity contribution in [1.82, 2.24) is 0 Å². The Kier molecular flexibility index (Phi) is 8.02. The van der Waals surface area contributed by atoms with E-state index in [-0.39, 0.29) is 12.2 Å². The van der Waals surface area contributed by atoms with Crippen molar-refractivity contribution in [2.45, 2.75) is 65.5 Å². The molecule has 0 bridgehead atoms. The fraction of sp³-hybridized carbons (Fsp3) is 1.00. The monoisotopic (exact) mass is 274 g/mol. The predicted molar refractivity (Wildman–Crippen MR) is 61.0 cm³/mol. The van der Waals surface area contributed by atoms with Crippen LogP contribution in [-0.2, 0) is 13.3 Å². The molecule has 7 heteroatoms. The summed E-state index contributed by atoms with van der Waals surface area (Å²) < 4.78 is 53.1. The van der Waals surface area contributed by atoms with Gasteiger partial charge in [-0.15, -0.1) is 0 Å². The van der Waals surface area contributed by atoms with Gasteiger partial charge in [-0.3, -0.25) is 0 Å². The first-order chi connectivity index (χ1) is 7.73. The molecule has 0 aromatic heterocycles. The van der Waals surface area contributed by atoms with Crippen LogP contribution in [0.3, 0.4) is 0 Å². The molecule has 0 N–H and O–H groups in total. The van der Waals surface area contributed by atoms with Crippen molar-refractivity contribution in [2.75, 3.05) is 0 Å². The Morgan fingerprint density at radius 3 is 1.47 bits per heavy atom. The third kappa shape index (κ3) is 7.75. The van der Waals surface area contributed by atoms with Crippen molar-refractivity contribution in [1.29, 1.82) is 0 Å². The second kappa shape index (κ2) is 8.07. The molecule has 2 unspecified atom stereocenters. The van der Waals surface area contributed by atoms with Crippen molar-refractivity contribution >= 4 is 9.53 Å². The maximum absolute atomic E-state index is 13.0. The summed E-state index contributed by atoms with van der Waals surface area (Å²) in [6.45, 7) is 8.36. The summed E-state index contributed by atoms with van der Waals surface area (Å²) in [6.07, 6.45) is -6.91. The standard InChI is InChI=1S/C10H21F3O3Si/c1-6(2)14-17(15-7(3)4)16-8(5)9(11)10(12)13/h6-10,17H,1-5H3. The quantitative estimate of drug-likeness (QED) is 0.637. The van der Waals surface area contributed by atoms with E-state index in [9.17, 15) is 13.2 Å². The van der Waals surface area contributed by atoms with E-state index >= 15 is 0 Å². The molecule has 0 spiro atoms. The molecule has 0 aliphatic carbocycles. The van der Waals surface area contributed by atoms with Gasteiger partial charge in [0.1, 0.15) is 0 Å². The summed E-state index contributed by atoms with van der Waals surface area (Å²) in [5.74, 6) is 0.